The van der Waals surface area contributed by atoms with Crippen molar-refractivity contribution in [3.8, 4) is 0 Å². The van der Waals surface area contributed by atoms with Gasteiger partial charge in [-0.25, -0.2) is 9.00 Å². The average Bonchev–Trinajstić information content (AvgIpc) is 1.49. The third-order valence-corrected chi connectivity index (χ3v) is 1.28. The molecule has 0 radical (unpaired) electrons. The van der Waals surface area contributed by atoms with E-state index in [0.717, 1.165) is 0 Å². The fourth-order valence-corrected chi connectivity index (χ4v) is 0.856. The second kappa shape index (κ2) is 3.43. The van der Waals surface area contributed by atoms with Crippen LogP contribution in [0.1, 0.15) is 20.8 Å². The number of ether oxygens (including phenoxy) is 1. The molecule has 0 aromatic rings. The number of carbonyl (C=O) groups excluding carboxylic acids is 1. The van der Waals surface area contributed by atoms with Crippen LogP contribution in [-0.2, 0) is 14.5 Å². The molecule has 0 fully saturated rings. The minimum absolute atomic E-state index is 0.578. The molecule has 12 heavy (non-hydrogen) atoms. The van der Waals surface area contributed by atoms with E-state index in [1.165, 1.54) is 12.5 Å². The van der Waals surface area contributed by atoms with Crippen molar-refractivity contribution in [2.75, 3.05) is 12.5 Å². The van der Waals surface area contributed by atoms with Crippen LogP contribution in [0.3, 0.4) is 0 Å². The van der Waals surface area contributed by atoms with Gasteiger partial charge in [0, 0.05) is 12.5 Å². The monoisotopic (exact) mass is 193 g/mol. The number of hydrogen-bond acceptors (Lipinski definition) is 3. The summed E-state index contributed by atoms with van der Waals surface area (Å²) in [5.41, 5.74) is -0.578. The van der Waals surface area contributed by atoms with Crippen molar-refractivity contribution >= 4 is 15.8 Å². The molecule has 0 atom stereocenters. The summed E-state index contributed by atoms with van der Waals surface area (Å²) in [5.74, 6) is 0. The molecule has 72 valence electrons. The van der Waals surface area contributed by atoms with Crippen LogP contribution in [0.5, 0.6) is 0 Å². The second-order valence-corrected chi connectivity index (χ2v) is 6.30. The fourth-order valence-electron chi connectivity index (χ4n) is 0.460. The van der Waals surface area contributed by atoms with Crippen LogP contribution in [0.15, 0.2) is 4.36 Å². The normalized spacial score (nSPS) is 12.4. The lowest BCUT2D eigenvalue weighted by molar-refractivity contribution is 0.0608. The van der Waals surface area contributed by atoms with Gasteiger partial charge in [-0.05, 0) is 20.8 Å². The largest absolute Gasteiger partial charge is 0.442 e. The smallest absolute Gasteiger partial charge is 0.442 e. The molecule has 0 aliphatic rings. The van der Waals surface area contributed by atoms with E-state index < -0.39 is 21.4 Å². The van der Waals surface area contributed by atoms with E-state index in [0.29, 0.717) is 0 Å². The van der Waals surface area contributed by atoms with Crippen LogP contribution >= 0.6 is 0 Å². The summed E-state index contributed by atoms with van der Waals surface area (Å²) in [7, 11) is -2.40. The zero-order valence-corrected chi connectivity index (χ0v) is 8.90. The highest BCUT2D eigenvalue weighted by atomic mass is 32.2. The van der Waals surface area contributed by atoms with Crippen LogP contribution in [0, 0.1) is 0 Å². The van der Waals surface area contributed by atoms with Gasteiger partial charge >= 0.3 is 6.09 Å². The Balaban J connectivity index is 4.39. The van der Waals surface area contributed by atoms with Crippen molar-refractivity contribution < 1.29 is 13.7 Å². The minimum Gasteiger partial charge on any atom is -0.442 e. The van der Waals surface area contributed by atoms with Crippen molar-refractivity contribution in [2.24, 2.45) is 4.36 Å². The number of hydrogen-bond donors (Lipinski definition) is 0. The van der Waals surface area contributed by atoms with Crippen LogP contribution in [0.25, 0.3) is 0 Å². The first-order valence-electron chi connectivity index (χ1n) is 3.50. The summed E-state index contributed by atoms with van der Waals surface area (Å²) in [6.07, 6.45) is 2.01. The van der Waals surface area contributed by atoms with Gasteiger partial charge in [0.15, 0.2) is 0 Å². The van der Waals surface area contributed by atoms with Crippen molar-refractivity contribution in [2.45, 2.75) is 26.4 Å². The zero-order valence-electron chi connectivity index (χ0n) is 8.08. The lowest BCUT2D eigenvalue weighted by Gasteiger charge is -2.17. The topological polar surface area (TPSA) is 55.7 Å². The Labute approximate surface area is 73.5 Å². The summed E-state index contributed by atoms with van der Waals surface area (Å²) in [6.45, 7) is 5.19. The molecule has 0 heterocycles. The van der Waals surface area contributed by atoms with E-state index in [-0.39, 0.29) is 0 Å². The van der Waals surface area contributed by atoms with Crippen LogP contribution < -0.4 is 0 Å². The molecule has 0 aromatic carbocycles. The predicted octanol–water partition coefficient (Wildman–Crippen LogP) is 1.65. The lowest BCUT2D eigenvalue weighted by Crippen LogP contribution is -2.22. The Morgan fingerprint density at radius 1 is 1.33 bits per heavy atom. The molecule has 0 bridgehead atoms. The third-order valence-electron chi connectivity index (χ3n) is 0.688. The summed E-state index contributed by atoms with van der Waals surface area (Å²) < 4.78 is 19.2. The minimum atomic E-state index is -2.40. The molecular weight excluding hydrogens is 178 g/mol. The van der Waals surface area contributed by atoms with Gasteiger partial charge < -0.3 is 4.74 Å². The molecule has 0 unspecified atom stereocenters. The van der Waals surface area contributed by atoms with Gasteiger partial charge in [-0.15, -0.1) is 4.36 Å². The van der Waals surface area contributed by atoms with Gasteiger partial charge in [0.05, 0.1) is 9.73 Å². The SMILES string of the molecule is CC(C)(C)OC(=O)N=S(C)(C)=O. The summed E-state index contributed by atoms with van der Waals surface area (Å²) >= 11 is 0. The highest BCUT2D eigenvalue weighted by Gasteiger charge is 2.15. The first-order valence-corrected chi connectivity index (χ1v) is 5.83. The molecule has 0 aliphatic carbocycles. The number of rotatable bonds is 0. The zero-order chi connectivity index (χ0) is 9.99. The summed E-state index contributed by atoms with van der Waals surface area (Å²) in [6, 6.07) is 0. The Bertz CT molecular complexity index is 274. The third kappa shape index (κ3) is 7.53. The predicted molar refractivity (Wildman–Crippen MR) is 48.7 cm³/mol. The molecule has 0 rings (SSSR count). The fraction of sp³-hybridized carbons (Fsp3) is 0.857. The van der Waals surface area contributed by atoms with Gasteiger partial charge in [0.25, 0.3) is 0 Å². The Morgan fingerprint density at radius 3 is 2.00 bits per heavy atom. The molecule has 0 saturated carbocycles. The van der Waals surface area contributed by atoms with E-state index in [1.54, 1.807) is 20.8 Å². The molecule has 5 heteroatoms. The quantitative estimate of drug-likeness (QED) is 0.587. The summed E-state index contributed by atoms with van der Waals surface area (Å²) in [5, 5.41) is 0. The van der Waals surface area contributed by atoms with Crippen molar-refractivity contribution in [1.29, 1.82) is 0 Å². The maximum atomic E-state index is 11.0. The highest BCUT2D eigenvalue weighted by Crippen LogP contribution is 2.08. The molecular formula is C7H15NO3S. The van der Waals surface area contributed by atoms with Crippen molar-refractivity contribution in [1.82, 2.24) is 0 Å². The summed E-state index contributed by atoms with van der Waals surface area (Å²) in [4.78, 5) is 10.9. The van der Waals surface area contributed by atoms with Crippen molar-refractivity contribution in [3.05, 3.63) is 0 Å². The van der Waals surface area contributed by atoms with Crippen LogP contribution in [0.4, 0.5) is 4.79 Å². The maximum Gasteiger partial charge on any atom is 0.442 e. The van der Waals surface area contributed by atoms with E-state index in [1.807, 2.05) is 0 Å². The Morgan fingerprint density at radius 2 is 1.75 bits per heavy atom. The molecule has 4 nitrogen and oxygen atoms in total. The average molecular weight is 193 g/mol. The highest BCUT2D eigenvalue weighted by molar-refractivity contribution is 7.92. The van der Waals surface area contributed by atoms with Gasteiger partial charge in [-0.3, -0.25) is 0 Å². The maximum absolute atomic E-state index is 11.0. The molecule has 0 N–H and O–H groups in total. The van der Waals surface area contributed by atoms with E-state index in [2.05, 4.69) is 4.36 Å². The van der Waals surface area contributed by atoms with E-state index in [4.69, 9.17) is 4.74 Å². The first kappa shape index (κ1) is 11.4. The van der Waals surface area contributed by atoms with Crippen LogP contribution in [-0.4, -0.2) is 28.4 Å². The molecule has 1 amide bonds. The lowest BCUT2D eigenvalue weighted by atomic mass is 10.2. The van der Waals surface area contributed by atoms with E-state index in [9.17, 15) is 9.00 Å². The van der Waals surface area contributed by atoms with E-state index >= 15 is 0 Å². The molecule has 0 aliphatic heterocycles. The van der Waals surface area contributed by atoms with Gasteiger partial charge in [-0.1, -0.05) is 0 Å². The van der Waals surface area contributed by atoms with Gasteiger partial charge in [0.2, 0.25) is 0 Å². The standard InChI is InChI=1S/C7H15NO3S/c1-7(2,3)11-6(9)8-12(4,5)10/h1-5H3. The first-order chi connectivity index (χ1) is 5.10. The Kier molecular flexibility index (Phi) is 3.26. The Hall–Kier alpha value is -0.580. The van der Waals surface area contributed by atoms with Gasteiger partial charge in [0.1, 0.15) is 5.60 Å². The number of nitrogens with zero attached hydrogens (tertiary/aromatic N) is 1. The van der Waals surface area contributed by atoms with Gasteiger partial charge in [-0.2, -0.15) is 0 Å². The molecule has 0 spiro atoms. The van der Waals surface area contributed by atoms with Crippen molar-refractivity contribution in [3.63, 3.8) is 0 Å². The second-order valence-electron chi connectivity index (χ2n) is 3.75. The molecule has 0 aromatic heterocycles. The molecule has 0 saturated heterocycles. The van der Waals surface area contributed by atoms with Crippen LogP contribution in [0.2, 0.25) is 0 Å². The number of carbonyl (C=O) groups is 1. The number of amides is 1.